The van der Waals surface area contributed by atoms with Crippen molar-refractivity contribution in [1.82, 2.24) is 24.6 Å². The van der Waals surface area contributed by atoms with Crippen molar-refractivity contribution in [3.05, 3.63) is 42.2 Å². The van der Waals surface area contributed by atoms with Crippen molar-refractivity contribution in [1.29, 1.82) is 0 Å². The van der Waals surface area contributed by atoms with Gasteiger partial charge < -0.3 is 9.64 Å². The van der Waals surface area contributed by atoms with Gasteiger partial charge in [-0.2, -0.15) is 5.10 Å². The Morgan fingerprint density at radius 2 is 2.32 bits per heavy atom. The standard InChI is InChI=1S/C18H25N5O2/c1-15-10-17(20-14-19-15)11-16-12-22(8-9-25-13-16)18(24)4-2-6-23-7-3-5-21-23/h3,5,7,10,14,16H,2,4,6,8-9,11-13H2,1H3/t16-/m0/s1. The first-order valence-corrected chi connectivity index (χ1v) is 8.81. The summed E-state index contributed by atoms with van der Waals surface area (Å²) in [6.45, 7) is 5.39. The van der Waals surface area contributed by atoms with Crippen LogP contribution in [0.4, 0.5) is 0 Å². The van der Waals surface area contributed by atoms with Crippen LogP contribution in [0.3, 0.4) is 0 Å². The van der Waals surface area contributed by atoms with Crippen molar-refractivity contribution in [2.75, 3.05) is 26.3 Å². The Morgan fingerprint density at radius 1 is 1.40 bits per heavy atom. The lowest BCUT2D eigenvalue weighted by molar-refractivity contribution is -0.131. The van der Waals surface area contributed by atoms with E-state index in [0.29, 0.717) is 26.2 Å². The van der Waals surface area contributed by atoms with Crippen LogP contribution < -0.4 is 0 Å². The Kier molecular flexibility index (Phi) is 6.11. The van der Waals surface area contributed by atoms with E-state index in [0.717, 1.165) is 37.3 Å². The summed E-state index contributed by atoms with van der Waals surface area (Å²) in [4.78, 5) is 23.0. The lowest BCUT2D eigenvalue weighted by Crippen LogP contribution is -2.36. The molecule has 7 heteroatoms. The second kappa shape index (κ2) is 8.71. The van der Waals surface area contributed by atoms with E-state index in [2.05, 4.69) is 15.1 Å². The van der Waals surface area contributed by atoms with Gasteiger partial charge in [-0.15, -0.1) is 0 Å². The fraction of sp³-hybridized carbons (Fsp3) is 0.556. The number of aryl methyl sites for hydroxylation is 2. The molecule has 25 heavy (non-hydrogen) atoms. The van der Waals surface area contributed by atoms with Gasteiger partial charge >= 0.3 is 0 Å². The predicted molar refractivity (Wildman–Crippen MR) is 92.8 cm³/mol. The molecular weight excluding hydrogens is 318 g/mol. The van der Waals surface area contributed by atoms with Crippen LogP contribution in [0.5, 0.6) is 0 Å². The second-order valence-corrected chi connectivity index (χ2v) is 6.51. The van der Waals surface area contributed by atoms with Crippen molar-refractivity contribution in [3.8, 4) is 0 Å². The molecule has 1 aliphatic rings. The van der Waals surface area contributed by atoms with E-state index in [1.54, 1.807) is 12.5 Å². The van der Waals surface area contributed by atoms with Crippen LogP contribution in [0.1, 0.15) is 24.2 Å². The number of nitrogens with zero attached hydrogens (tertiary/aromatic N) is 5. The minimum Gasteiger partial charge on any atom is -0.379 e. The van der Waals surface area contributed by atoms with Crippen molar-refractivity contribution >= 4 is 5.91 Å². The highest BCUT2D eigenvalue weighted by atomic mass is 16.5. The normalized spacial score (nSPS) is 18.1. The number of amides is 1. The molecule has 0 radical (unpaired) electrons. The highest BCUT2D eigenvalue weighted by Gasteiger charge is 2.22. The molecule has 2 aromatic rings. The van der Waals surface area contributed by atoms with E-state index >= 15 is 0 Å². The number of carbonyl (C=O) groups excluding carboxylic acids is 1. The van der Waals surface area contributed by atoms with Gasteiger partial charge in [-0.3, -0.25) is 9.48 Å². The molecule has 0 aromatic carbocycles. The van der Waals surface area contributed by atoms with Gasteiger partial charge in [0.05, 0.1) is 13.2 Å². The van der Waals surface area contributed by atoms with Gasteiger partial charge in [0, 0.05) is 55.8 Å². The fourth-order valence-electron chi connectivity index (χ4n) is 3.13. The van der Waals surface area contributed by atoms with Gasteiger partial charge in [0.15, 0.2) is 0 Å². The Labute approximate surface area is 148 Å². The average Bonchev–Trinajstić information content (AvgIpc) is 3.00. The molecule has 0 spiro atoms. The summed E-state index contributed by atoms with van der Waals surface area (Å²) in [7, 11) is 0. The molecule has 134 valence electrons. The number of ether oxygens (including phenoxy) is 1. The van der Waals surface area contributed by atoms with Crippen LogP contribution in [0.2, 0.25) is 0 Å². The fourth-order valence-corrected chi connectivity index (χ4v) is 3.13. The highest BCUT2D eigenvalue weighted by molar-refractivity contribution is 5.76. The molecule has 7 nitrogen and oxygen atoms in total. The van der Waals surface area contributed by atoms with Gasteiger partial charge in [0.1, 0.15) is 6.33 Å². The predicted octanol–water partition coefficient (Wildman–Crippen LogP) is 1.48. The third-order valence-electron chi connectivity index (χ3n) is 4.39. The smallest absolute Gasteiger partial charge is 0.222 e. The van der Waals surface area contributed by atoms with E-state index in [-0.39, 0.29) is 11.8 Å². The quantitative estimate of drug-likeness (QED) is 0.794. The first-order valence-electron chi connectivity index (χ1n) is 8.81. The van der Waals surface area contributed by atoms with E-state index in [9.17, 15) is 4.79 Å². The van der Waals surface area contributed by atoms with Gasteiger partial charge in [-0.05, 0) is 31.9 Å². The summed E-state index contributed by atoms with van der Waals surface area (Å²) in [6.07, 6.45) is 7.42. The maximum atomic E-state index is 12.5. The number of rotatable bonds is 6. The molecule has 0 bridgehead atoms. The minimum absolute atomic E-state index is 0.196. The molecule has 1 atom stereocenters. The Morgan fingerprint density at radius 3 is 3.12 bits per heavy atom. The largest absolute Gasteiger partial charge is 0.379 e. The van der Waals surface area contributed by atoms with Gasteiger partial charge in [0.25, 0.3) is 0 Å². The number of carbonyl (C=O) groups is 1. The van der Waals surface area contributed by atoms with Crippen LogP contribution in [-0.2, 0) is 22.5 Å². The van der Waals surface area contributed by atoms with Gasteiger partial charge in [-0.25, -0.2) is 9.97 Å². The average molecular weight is 343 g/mol. The zero-order chi connectivity index (χ0) is 17.5. The lowest BCUT2D eigenvalue weighted by Gasteiger charge is -2.23. The molecule has 1 fully saturated rings. The molecule has 1 aliphatic heterocycles. The molecule has 1 amide bonds. The third-order valence-corrected chi connectivity index (χ3v) is 4.39. The number of hydrogen-bond acceptors (Lipinski definition) is 5. The van der Waals surface area contributed by atoms with Crippen molar-refractivity contribution in [2.45, 2.75) is 32.7 Å². The molecule has 0 aliphatic carbocycles. The molecular formula is C18H25N5O2. The molecule has 0 saturated carbocycles. The first kappa shape index (κ1) is 17.5. The van der Waals surface area contributed by atoms with Crippen molar-refractivity contribution in [2.24, 2.45) is 5.92 Å². The summed E-state index contributed by atoms with van der Waals surface area (Å²) in [5, 5.41) is 4.17. The molecule has 0 N–H and O–H groups in total. The van der Waals surface area contributed by atoms with E-state index in [4.69, 9.17) is 4.74 Å². The SMILES string of the molecule is Cc1cc(C[C@@H]2COCCN(C(=O)CCCn3cccn3)C2)ncn1. The Balaban J connectivity index is 1.51. The topological polar surface area (TPSA) is 73.1 Å². The lowest BCUT2D eigenvalue weighted by atomic mass is 10.0. The maximum absolute atomic E-state index is 12.5. The van der Waals surface area contributed by atoms with E-state index < -0.39 is 0 Å². The molecule has 3 rings (SSSR count). The van der Waals surface area contributed by atoms with Crippen LogP contribution in [0, 0.1) is 12.8 Å². The first-order chi connectivity index (χ1) is 12.2. The van der Waals surface area contributed by atoms with Gasteiger partial charge in [0.2, 0.25) is 5.91 Å². The Bertz CT molecular complexity index is 674. The molecule has 3 heterocycles. The zero-order valence-corrected chi connectivity index (χ0v) is 14.7. The van der Waals surface area contributed by atoms with Crippen LogP contribution in [-0.4, -0.2) is 56.9 Å². The highest BCUT2D eigenvalue weighted by Crippen LogP contribution is 2.14. The van der Waals surface area contributed by atoms with E-state index in [1.807, 2.05) is 34.8 Å². The molecule has 2 aromatic heterocycles. The maximum Gasteiger partial charge on any atom is 0.222 e. The monoisotopic (exact) mass is 343 g/mol. The molecule has 1 saturated heterocycles. The van der Waals surface area contributed by atoms with Crippen LogP contribution in [0.25, 0.3) is 0 Å². The Hall–Kier alpha value is -2.28. The van der Waals surface area contributed by atoms with E-state index in [1.165, 1.54) is 0 Å². The minimum atomic E-state index is 0.196. The summed E-state index contributed by atoms with van der Waals surface area (Å²) in [6, 6.07) is 3.90. The van der Waals surface area contributed by atoms with Crippen LogP contribution in [0.15, 0.2) is 30.9 Å². The molecule has 0 unspecified atom stereocenters. The number of aromatic nitrogens is 4. The van der Waals surface area contributed by atoms with Gasteiger partial charge in [-0.1, -0.05) is 0 Å². The second-order valence-electron chi connectivity index (χ2n) is 6.51. The summed E-state index contributed by atoms with van der Waals surface area (Å²) in [5.41, 5.74) is 1.97. The summed E-state index contributed by atoms with van der Waals surface area (Å²) in [5.74, 6) is 0.466. The summed E-state index contributed by atoms with van der Waals surface area (Å²) < 4.78 is 7.56. The number of hydrogen-bond donors (Lipinski definition) is 0. The van der Waals surface area contributed by atoms with Crippen molar-refractivity contribution in [3.63, 3.8) is 0 Å². The van der Waals surface area contributed by atoms with Crippen LogP contribution >= 0.6 is 0 Å². The third kappa shape index (κ3) is 5.35. The van der Waals surface area contributed by atoms with Crippen molar-refractivity contribution < 1.29 is 9.53 Å². The zero-order valence-electron chi connectivity index (χ0n) is 14.7. The summed E-state index contributed by atoms with van der Waals surface area (Å²) >= 11 is 0.